The minimum absolute atomic E-state index is 0.0319. The van der Waals surface area contributed by atoms with Gasteiger partial charge in [-0.2, -0.15) is 0 Å². The number of hydrogen-bond donors (Lipinski definition) is 2. The van der Waals surface area contributed by atoms with E-state index >= 15 is 0 Å². The van der Waals surface area contributed by atoms with Crippen LogP contribution in [0.4, 0.5) is 16.3 Å². The van der Waals surface area contributed by atoms with E-state index in [1.165, 1.54) is 19.1 Å². The predicted molar refractivity (Wildman–Crippen MR) is 99.8 cm³/mol. The highest BCUT2D eigenvalue weighted by molar-refractivity contribution is 6.32. The molecule has 1 aromatic carbocycles. The van der Waals surface area contributed by atoms with Crippen LogP contribution in [0.2, 0.25) is 5.02 Å². The van der Waals surface area contributed by atoms with Crippen LogP contribution in [0.1, 0.15) is 10.5 Å². The van der Waals surface area contributed by atoms with Gasteiger partial charge in [0.05, 0.1) is 24.9 Å². The number of carbonyl (C=O) groups excluding carboxylic acids is 2. The average Bonchev–Trinajstić information content (AvgIpc) is 3.13. The molecule has 0 spiro atoms. The van der Waals surface area contributed by atoms with Gasteiger partial charge in [-0.05, 0) is 16.4 Å². The Balaban J connectivity index is 1.62. The number of nitrogens with two attached hydrogens (primary N) is 1. The normalized spacial score (nSPS) is 14.0. The summed E-state index contributed by atoms with van der Waals surface area (Å²) < 4.78 is 14.9. The number of benzene rings is 1. The quantitative estimate of drug-likeness (QED) is 0.769. The van der Waals surface area contributed by atoms with Crippen LogP contribution in [0.5, 0.6) is 11.5 Å². The first-order valence-corrected chi connectivity index (χ1v) is 8.67. The molecular formula is C16H19ClN6O5. The zero-order chi connectivity index (χ0) is 20.3. The van der Waals surface area contributed by atoms with E-state index in [4.69, 9.17) is 26.8 Å². The molecule has 0 bridgehead atoms. The summed E-state index contributed by atoms with van der Waals surface area (Å²) in [6.45, 7) is 1.29. The fourth-order valence-corrected chi connectivity index (χ4v) is 3.00. The number of urea groups is 1. The molecule has 0 unspecified atom stereocenters. The van der Waals surface area contributed by atoms with Crippen molar-refractivity contribution in [2.24, 2.45) is 0 Å². The van der Waals surface area contributed by atoms with Crippen molar-refractivity contribution in [3.05, 3.63) is 22.8 Å². The molecule has 3 rings (SSSR count). The minimum atomic E-state index is -0.387. The third kappa shape index (κ3) is 3.88. The monoisotopic (exact) mass is 410 g/mol. The molecular weight excluding hydrogens is 392 g/mol. The number of halogens is 1. The second-order valence-electron chi connectivity index (χ2n) is 5.89. The summed E-state index contributed by atoms with van der Waals surface area (Å²) in [5.74, 6) is 0.402. The van der Waals surface area contributed by atoms with Crippen LogP contribution < -0.4 is 20.5 Å². The van der Waals surface area contributed by atoms with E-state index in [0.717, 1.165) is 0 Å². The molecule has 12 heteroatoms. The zero-order valence-corrected chi connectivity index (χ0v) is 16.0. The molecule has 0 aliphatic carbocycles. The molecule has 1 aromatic heterocycles. The van der Waals surface area contributed by atoms with Gasteiger partial charge in [0, 0.05) is 32.2 Å². The Kier molecular flexibility index (Phi) is 5.73. The molecule has 1 saturated heterocycles. The number of ether oxygens (including phenoxy) is 2. The summed E-state index contributed by atoms with van der Waals surface area (Å²) >= 11 is 6.12. The predicted octanol–water partition coefficient (Wildman–Crippen LogP) is 1.31. The van der Waals surface area contributed by atoms with E-state index in [-0.39, 0.29) is 23.5 Å². The van der Waals surface area contributed by atoms with E-state index in [1.807, 2.05) is 0 Å². The average molecular weight is 411 g/mol. The van der Waals surface area contributed by atoms with Gasteiger partial charge in [-0.3, -0.25) is 4.79 Å². The van der Waals surface area contributed by atoms with Crippen LogP contribution in [-0.2, 0) is 0 Å². The van der Waals surface area contributed by atoms with Gasteiger partial charge < -0.3 is 30.3 Å². The third-order valence-corrected chi connectivity index (χ3v) is 4.58. The third-order valence-electron chi connectivity index (χ3n) is 4.29. The topological polar surface area (TPSA) is 136 Å². The van der Waals surface area contributed by atoms with Crippen molar-refractivity contribution in [1.82, 2.24) is 20.1 Å². The van der Waals surface area contributed by atoms with Crippen molar-refractivity contribution in [3.63, 3.8) is 0 Å². The Morgan fingerprint density at radius 1 is 1.11 bits per heavy atom. The van der Waals surface area contributed by atoms with Crippen LogP contribution in [0.25, 0.3) is 0 Å². The number of methoxy groups -OCH3 is 2. The lowest BCUT2D eigenvalue weighted by atomic mass is 10.2. The maximum Gasteiger partial charge on any atom is 0.322 e. The molecule has 1 aliphatic heterocycles. The van der Waals surface area contributed by atoms with Gasteiger partial charge >= 0.3 is 6.03 Å². The number of nitrogens with one attached hydrogen (secondary N) is 1. The second kappa shape index (κ2) is 8.21. The molecule has 2 heterocycles. The Bertz CT molecular complexity index is 880. The fraction of sp³-hybridized carbons (Fsp3) is 0.375. The lowest BCUT2D eigenvalue weighted by Gasteiger charge is -2.34. The maximum absolute atomic E-state index is 12.6. The molecule has 1 aliphatic rings. The summed E-state index contributed by atoms with van der Waals surface area (Å²) in [5.41, 5.74) is 5.93. The molecule has 28 heavy (non-hydrogen) atoms. The van der Waals surface area contributed by atoms with Crippen LogP contribution >= 0.6 is 11.6 Å². The van der Waals surface area contributed by atoms with E-state index in [9.17, 15) is 9.59 Å². The summed E-state index contributed by atoms with van der Waals surface area (Å²) in [7, 11) is 2.97. The van der Waals surface area contributed by atoms with Crippen LogP contribution in [0.15, 0.2) is 16.8 Å². The molecule has 2 aromatic rings. The van der Waals surface area contributed by atoms with Crippen molar-refractivity contribution in [2.45, 2.75) is 0 Å². The second-order valence-corrected chi connectivity index (χ2v) is 6.30. The van der Waals surface area contributed by atoms with Crippen LogP contribution in [-0.4, -0.2) is 72.5 Å². The summed E-state index contributed by atoms with van der Waals surface area (Å²) in [4.78, 5) is 28.0. The summed E-state index contributed by atoms with van der Waals surface area (Å²) in [5, 5.41) is 10.0. The van der Waals surface area contributed by atoms with E-state index in [1.54, 1.807) is 17.0 Å². The first kappa shape index (κ1) is 19.5. The van der Waals surface area contributed by atoms with Gasteiger partial charge in [0.2, 0.25) is 11.5 Å². The number of piperazine rings is 1. The number of aromatic nitrogens is 2. The van der Waals surface area contributed by atoms with Gasteiger partial charge in [0.25, 0.3) is 5.91 Å². The van der Waals surface area contributed by atoms with Crippen molar-refractivity contribution < 1.29 is 23.7 Å². The number of carbonyl (C=O) groups is 2. The Hall–Kier alpha value is -3.21. The van der Waals surface area contributed by atoms with Crippen molar-refractivity contribution >= 4 is 35.0 Å². The van der Waals surface area contributed by atoms with Crippen molar-refractivity contribution in [1.29, 1.82) is 0 Å². The highest BCUT2D eigenvalue weighted by Gasteiger charge is 2.28. The molecule has 0 saturated carbocycles. The van der Waals surface area contributed by atoms with Crippen LogP contribution in [0, 0.1) is 0 Å². The van der Waals surface area contributed by atoms with Crippen LogP contribution in [0.3, 0.4) is 0 Å². The SMILES string of the molecule is COc1cc(OC)c(NC(=O)N2CCN(C(=O)c3nonc3N)CC2)cc1Cl. The number of amides is 3. The molecule has 3 amide bonds. The Morgan fingerprint density at radius 2 is 1.75 bits per heavy atom. The number of rotatable bonds is 4. The Labute approximate surface area is 165 Å². The molecule has 0 atom stereocenters. The number of nitrogens with zero attached hydrogens (tertiary/aromatic N) is 4. The Morgan fingerprint density at radius 3 is 2.32 bits per heavy atom. The first-order valence-electron chi connectivity index (χ1n) is 8.29. The zero-order valence-electron chi connectivity index (χ0n) is 15.3. The largest absolute Gasteiger partial charge is 0.495 e. The lowest BCUT2D eigenvalue weighted by molar-refractivity contribution is 0.0661. The highest BCUT2D eigenvalue weighted by atomic mass is 35.5. The smallest absolute Gasteiger partial charge is 0.322 e. The molecule has 0 radical (unpaired) electrons. The summed E-state index contributed by atoms with van der Waals surface area (Å²) in [6, 6.07) is 2.80. The van der Waals surface area contributed by atoms with Gasteiger partial charge in [-0.15, -0.1) is 0 Å². The maximum atomic E-state index is 12.6. The first-order chi connectivity index (χ1) is 13.4. The van der Waals surface area contributed by atoms with Gasteiger partial charge in [-0.1, -0.05) is 11.6 Å². The number of nitrogen functional groups attached to an aromatic ring is 1. The standard InChI is InChI=1S/C16H19ClN6O5/c1-26-11-8-12(27-2)10(7-9(11)17)19-16(25)23-5-3-22(4-6-23)15(24)13-14(18)21-28-20-13/h7-8H,3-6H2,1-2H3,(H2,18,21)(H,19,25). The van der Waals surface area contributed by atoms with E-state index in [0.29, 0.717) is 48.4 Å². The van der Waals surface area contributed by atoms with Gasteiger partial charge in [0.1, 0.15) is 11.5 Å². The summed E-state index contributed by atoms with van der Waals surface area (Å²) in [6.07, 6.45) is 0. The molecule has 3 N–H and O–H groups in total. The fourth-order valence-electron chi connectivity index (χ4n) is 2.76. The highest BCUT2D eigenvalue weighted by Crippen LogP contribution is 2.36. The van der Waals surface area contributed by atoms with Gasteiger partial charge in [0.15, 0.2) is 0 Å². The number of anilines is 2. The molecule has 11 nitrogen and oxygen atoms in total. The molecule has 1 fully saturated rings. The van der Waals surface area contributed by atoms with E-state index in [2.05, 4.69) is 20.3 Å². The minimum Gasteiger partial charge on any atom is -0.495 e. The van der Waals surface area contributed by atoms with Crippen molar-refractivity contribution in [2.75, 3.05) is 51.4 Å². The molecule has 150 valence electrons. The number of hydrogen-bond acceptors (Lipinski definition) is 8. The lowest BCUT2D eigenvalue weighted by Crippen LogP contribution is -2.51. The van der Waals surface area contributed by atoms with Crippen molar-refractivity contribution in [3.8, 4) is 11.5 Å². The van der Waals surface area contributed by atoms with Gasteiger partial charge in [-0.25, -0.2) is 9.42 Å². The van der Waals surface area contributed by atoms with E-state index < -0.39 is 0 Å².